The van der Waals surface area contributed by atoms with Crippen LogP contribution in [0.5, 0.6) is 5.75 Å². The Labute approximate surface area is 110 Å². The molecule has 0 fully saturated rings. The molecule has 6 heteroatoms. The van der Waals surface area contributed by atoms with Crippen molar-refractivity contribution < 1.29 is 17.9 Å². The Bertz CT molecular complexity index is 539. The van der Waals surface area contributed by atoms with Crippen LogP contribution in [-0.2, 0) is 0 Å². The Morgan fingerprint density at radius 3 is 2.72 bits per heavy atom. The molecule has 2 nitrogen and oxygen atoms in total. The average Bonchev–Trinajstić information content (AvgIpc) is 2.34. The van der Waals surface area contributed by atoms with Gasteiger partial charge in [-0.15, -0.1) is 0 Å². The van der Waals surface area contributed by atoms with Gasteiger partial charge in [-0.2, -0.15) is 13.2 Å². The third-order valence-corrected chi connectivity index (χ3v) is 3.13. The maximum Gasteiger partial charge on any atom is 0.404 e. The summed E-state index contributed by atoms with van der Waals surface area (Å²) in [5.74, 6) is 0.398. The average molecular weight is 320 g/mol. The second kappa shape index (κ2) is 5.14. The number of benzene rings is 1. The van der Waals surface area contributed by atoms with Gasteiger partial charge in [0.2, 0.25) is 0 Å². The van der Waals surface area contributed by atoms with E-state index >= 15 is 0 Å². The predicted molar refractivity (Wildman–Crippen MR) is 66.0 cm³/mol. The molecule has 1 atom stereocenters. The van der Waals surface area contributed by atoms with Gasteiger partial charge in [-0.25, -0.2) is 0 Å². The highest BCUT2D eigenvalue weighted by molar-refractivity contribution is 9.09. The lowest BCUT2D eigenvalue weighted by molar-refractivity contribution is -0.132. The summed E-state index contributed by atoms with van der Waals surface area (Å²) in [6, 6.07) is 8.57. The molecule has 0 N–H and O–H groups in total. The molecule has 0 aliphatic carbocycles. The minimum absolute atomic E-state index is 0.398. The van der Waals surface area contributed by atoms with Crippen LogP contribution in [0.3, 0.4) is 0 Å². The molecule has 96 valence electrons. The van der Waals surface area contributed by atoms with Gasteiger partial charge < -0.3 is 4.74 Å². The number of halogens is 4. The number of aromatic nitrogens is 1. The van der Waals surface area contributed by atoms with Crippen LogP contribution < -0.4 is 4.74 Å². The highest BCUT2D eigenvalue weighted by Crippen LogP contribution is 2.29. The number of pyridine rings is 1. The first kappa shape index (κ1) is 13.1. The third kappa shape index (κ3) is 2.93. The van der Waals surface area contributed by atoms with E-state index in [1.807, 2.05) is 0 Å². The van der Waals surface area contributed by atoms with E-state index in [1.54, 1.807) is 36.5 Å². The molecule has 1 aromatic carbocycles. The molecular formula is C12H9BrF3NO. The van der Waals surface area contributed by atoms with Crippen molar-refractivity contribution in [3.05, 3.63) is 36.5 Å². The van der Waals surface area contributed by atoms with Crippen molar-refractivity contribution in [2.75, 3.05) is 6.61 Å². The summed E-state index contributed by atoms with van der Waals surface area (Å²) in [5, 5.41) is 0.696. The molecule has 0 aliphatic rings. The van der Waals surface area contributed by atoms with Crippen molar-refractivity contribution in [1.82, 2.24) is 4.98 Å². The highest BCUT2D eigenvalue weighted by atomic mass is 79.9. The Hall–Kier alpha value is -1.30. The largest absolute Gasteiger partial charge is 0.491 e. The molecule has 0 radical (unpaired) electrons. The summed E-state index contributed by atoms with van der Waals surface area (Å²) < 4.78 is 42.2. The van der Waals surface area contributed by atoms with Crippen LogP contribution in [0.15, 0.2) is 36.5 Å². The van der Waals surface area contributed by atoms with E-state index in [1.165, 1.54) is 0 Å². The highest BCUT2D eigenvalue weighted by Gasteiger charge is 2.38. The lowest BCUT2D eigenvalue weighted by atomic mass is 10.2. The monoisotopic (exact) mass is 319 g/mol. The molecule has 1 aromatic heterocycles. The maximum absolute atomic E-state index is 12.3. The number of nitrogens with zero attached hydrogens (tertiary/aromatic N) is 1. The SMILES string of the molecule is FC(F)(F)C(Br)COc1cccc2ncccc12. The van der Waals surface area contributed by atoms with E-state index < -0.39 is 17.6 Å². The molecule has 0 saturated carbocycles. The standard InChI is InChI=1S/C12H9BrF3NO/c13-11(12(14,15)16)7-18-10-5-1-4-9-8(10)3-2-6-17-9/h1-6,11H,7H2. The summed E-state index contributed by atoms with van der Waals surface area (Å²) in [7, 11) is 0. The Kier molecular flexibility index (Phi) is 3.75. The zero-order valence-corrected chi connectivity index (χ0v) is 10.7. The van der Waals surface area contributed by atoms with E-state index in [0.29, 0.717) is 16.7 Å². The molecule has 0 aliphatic heterocycles. The van der Waals surface area contributed by atoms with Crippen molar-refractivity contribution in [2.24, 2.45) is 0 Å². The fourth-order valence-electron chi connectivity index (χ4n) is 1.46. The number of rotatable bonds is 3. The number of hydrogen-bond donors (Lipinski definition) is 0. The molecule has 1 heterocycles. The van der Waals surface area contributed by atoms with Gasteiger partial charge in [0.05, 0.1) is 5.52 Å². The van der Waals surface area contributed by atoms with Crippen LogP contribution in [0, 0.1) is 0 Å². The molecule has 1 unspecified atom stereocenters. The molecule has 2 aromatic rings. The summed E-state index contributed by atoms with van der Waals surface area (Å²) in [6.45, 7) is -0.475. The number of fused-ring (bicyclic) bond motifs is 1. The topological polar surface area (TPSA) is 22.1 Å². The zero-order chi connectivity index (χ0) is 13.2. The van der Waals surface area contributed by atoms with Crippen LogP contribution >= 0.6 is 15.9 Å². The van der Waals surface area contributed by atoms with E-state index in [4.69, 9.17) is 4.74 Å². The molecule has 2 rings (SSSR count). The lowest BCUT2D eigenvalue weighted by Gasteiger charge is -2.15. The summed E-state index contributed by atoms with van der Waals surface area (Å²) in [6.07, 6.45) is -2.70. The fourth-order valence-corrected chi connectivity index (χ4v) is 1.59. The van der Waals surface area contributed by atoms with Gasteiger partial charge in [-0.05, 0) is 24.3 Å². The maximum atomic E-state index is 12.3. The summed E-state index contributed by atoms with van der Waals surface area (Å²) in [4.78, 5) is 2.42. The minimum Gasteiger partial charge on any atom is -0.491 e. The Balaban J connectivity index is 2.18. The molecule has 0 saturated heterocycles. The van der Waals surface area contributed by atoms with Crippen LogP contribution in [0.25, 0.3) is 10.9 Å². The molecular weight excluding hydrogens is 311 g/mol. The Morgan fingerprint density at radius 1 is 1.22 bits per heavy atom. The van der Waals surface area contributed by atoms with Crippen molar-refractivity contribution in [1.29, 1.82) is 0 Å². The number of alkyl halides is 4. The van der Waals surface area contributed by atoms with Gasteiger partial charge in [0.15, 0.2) is 0 Å². The van der Waals surface area contributed by atoms with Gasteiger partial charge >= 0.3 is 6.18 Å². The molecule has 0 amide bonds. The molecule has 18 heavy (non-hydrogen) atoms. The predicted octanol–water partition coefficient (Wildman–Crippen LogP) is 3.94. The number of hydrogen-bond acceptors (Lipinski definition) is 2. The second-order valence-electron chi connectivity index (χ2n) is 3.65. The normalized spacial score (nSPS) is 13.6. The van der Waals surface area contributed by atoms with E-state index in [-0.39, 0.29) is 0 Å². The van der Waals surface area contributed by atoms with Gasteiger partial charge in [-0.3, -0.25) is 4.98 Å². The van der Waals surface area contributed by atoms with E-state index in [9.17, 15) is 13.2 Å². The van der Waals surface area contributed by atoms with Crippen molar-refractivity contribution in [3.8, 4) is 5.75 Å². The van der Waals surface area contributed by atoms with Gasteiger partial charge in [0, 0.05) is 11.6 Å². The molecule has 0 bridgehead atoms. The smallest absolute Gasteiger partial charge is 0.404 e. The van der Waals surface area contributed by atoms with Crippen molar-refractivity contribution in [2.45, 2.75) is 11.0 Å². The van der Waals surface area contributed by atoms with Crippen LogP contribution in [0.2, 0.25) is 0 Å². The summed E-state index contributed by atoms with van der Waals surface area (Å²) in [5.41, 5.74) is 0.688. The zero-order valence-electron chi connectivity index (χ0n) is 9.12. The third-order valence-electron chi connectivity index (χ3n) is 2.35. The number of ether oxygens (including phenoxy) is 1. The van der Waals surface area contributed by atoms with Crippen molar-refractivity contribution >= 4 is 26.8 Å². The van der Waals surface area contributed by atoms with Crippen LogP contribution in [-0.4, -0.2) is 22.6 Å². The molecule has 0 spiro atoms. The van der Waals surface area contributed by atoms with E-state index in [2.05, 4.69) is 20.9 Å². The fraction of sp³-hybridized carbons (Fsp3) is 0.250. The first-order valence-electron chi connectivity index (χ1n) is 5.16. The first-order valence-corrected chi connectivity index (χ1v) is 6.07. The van der Waals surface area contributed by atoms with Gasteiger partial charge in [-0.1, -0.05) is 22.0 Å². The lowest BCUT2D eigenvalue weighted by Crippen LogP contribution is -2.28. The summed E-state index contributed by atoms with van der Waals surface area (Å²) >= 11 is 2.55. The minimum atomic E-state index is -4.32. The second-order valence-corrected chi connectivity index (χ2v) is 4.75. The van der Waals surface area contributed by atoms with Gasteiger partial charge in [0.25, 0.3) is 0 Å². The first-order chi connectivity index (χ1) is 8.48. The Morgan fingerprint density at radius 2 is 2.00 bits per heavy atom. The van der Waals surface area contributed by atoms with Crippen molar-refractivity contribution in [3.63, 3.8) is 0 Å². The van der Waals surface area contributed by atoms with Crippen LogP contribution in [0.4, 0.5) is 13.2 Å². The van der Waals surface area contributed by atoms with E-state index in [0.717, 1.165) is 0 Å². The quantitative estimate of drug-likeness (QED) is 0.799. The van der Waals surface area contributed by atoms with Crippen LogP contribution in [0.1, 0.15) is 0 Å². The van der Waals surface area contributed by atoms with Gasteiger partial charge in [0.1, 0.15) is 17.2 Å².